The van der Waals surface area contributed by atoms with Gasteiger partial charge in [0.15, 0.2) is 0 Å². The van der Waals surface area contributed by atoms with Crippen LogP contribution in [-0.2, 0) is 4.79 Å². The second-order valence-corrected chi connectivity index (χ2v) is 5.53. The number of hydrogen-bond acceptors (Lipinski definition) is 3. The van der Waals surface area contributed by atoms with Crippen LogP contribution in [0.2, 0.25) is 0 Å². The summed E-state index contributed by atoms with van der Waals surface area (Å²) in [5.74, 6) is -0.265. The van der Waals surface area contributed by atoms with Gasteiger partial charge >= 0.3 is 5.97 Å². The summed E-state index contributed by atoms with van der Waals surface area (Å²) in [5.41, 5.74) is 0. The molecular formula is C14H19N3O2. The van der Waals surface area contributed by atoms with Gasteiger partial charge in [-0.2, -0.15) is 0 Å². The molecular weight excluding hydrogens is 242 g/mol. The van der Waals surface area contributed by atoms with E-state index in [1.54, 1.807) is 6.33 Å². The van der Waals surface area contributed by atoms with Crippen LogP contribution in [0.25, 0.3) is 0 Å². The summed E-state index contributed by atoms with van der Waals surface area (Å²) in [4.78, 5) is 11.4. The Kier molecular flexibility index (Phi) is 3.36. The van der Waals surface area contributed by atoms with E-state index in [2.05, 4.69) is 20.8 Å². The van der Waals surface area contributed by atoms with E-state index in [0.717, 1.165) is 25.1 Å². The van der Waals surface area contributed by atoms with E-state index in [9.17, 15) is 9.90 Å². The number of carbonyl (C=O) groups is 1. The summed E-state index contributed by atoms with van der Waals surface area (Å²) in [5, 5.41) is 17.6. The normalized spacial score (nSPS) is 27.8. The number of hydrogen-bond donors (Lipinski definition) is 1. The number of nitrogens with zero attached hydrogens (tertiary/aromatic N) is 3. The second-order valence-electron chi connectivity index (χ2n) is 5.53. The molecule has 19 heavy (non-hydrogen) atoms. The van der Waals surface area contributed by atoms with Crippen molar-refractivity contribution in [3.8, 4) is 0 Å². The van der Waals surface area contributed by atoms with Crippen molar-refractivity contribution in [1.82, 2.24) is 14.8 Å². The summed E-state index contributed by atoms with van der Waals surface area (Å²) in [6.45, 7) is 0. The van der Waals surface area contributed by atoms with Gasteiger partial charge in [-0.05, 0) is 25.7 Å². The molecule has 0 radical (unpaired) electrons. The summed E-state index contributed by atoms with van der Waals surface area (Å²) in [7, 11) is 0. The Bertz CT molecular complexity index is 489. The minimum Gasteiger partial charge on any atom is -0.481 e. The first kappa shape index (κ1) is 12.4. The molecule has 5 nitrogen and oxygen atoms in total. The zero-order valence-electron chi connectivity index (χ0n) is 10.9. The molecule has 0 aromatic carbocycles. The Hall–Kier alpha value is -1.65. The first-order valence-electron chi connectivity index (χ1n) is 7.04. The first-order valence-corrected chi connectivity index (χ1v) is 7.04. The molecule has 0 aliphatic heterocycles. The molecule has 2 aliphatic carbocycles. The molecule has 2 aliphatic rings. The number of allylic oxidation sites excluding steroid dienone is 2. The monoisotopic (exact) mass is 261 g/mol. The van der Waals surface area contributed by atoms with Crippen molar-refractivity contribution < 1.29 is 9.90 Å². The molecule has 5 heteroatoms. The number of aromatic nitrogens is 3. The van der Waals surface area contributed by atoms with Crippen LogP contribution in [0.1, 0.15) is 56.3 Å². The minimum atomic E-state index is -0.727. The predicted octanol–water partition coefficient (Wildman–Crippen LogP) is 2.53. The number of carboxylic acid groups (broad SMARTS) is 1. The highest BCUT2D eigenvalue weighted by molar-refractivity contribution is 5.71. The third kappa shape index (κ3) is 2.29. The van der Waals surface area contributed by atoms with Gasteiger partial charge in [-0.1, -0.05) is 25.0 Å². The topological polar surface area (TPSA) is 68.0 Å². The fourth-order valence-electron chi connectivity index (χ4n) is 3.35. The Morgan fingerprint density at radius 3 is 2.74 bits per heavy atom. The van der Waals surface area contributed by atoms with Crippen molar-refractivity contribution in [2.24, 2.45) is 5.92 Å². The largest absolute Gasteiger partial charge is 0.481 e. The molecule has 0 spiro atoms. The van der Waals surface area contributed by atoms with Gasteiger partial charge in [0.25, 0.3) is 0 Å². The van der Waals surface area contributed by atoms with Crippen LogP contribution in [0.3, 0.4) is 0 Å². The zero-order chi connectivity index (χ0) is 13.2. The Labute approximate surface area is 112 Å². The third-order valence-corrected chi connectivity index (χ3v) is 4.40. The van der Waals surface area contributed by atoms with Crippen LogP contribution in [0, 0.1) is 5.92 Å². The second kappa shape index (κ2) is 5.15. The van der Waals surface area contributed by atoms with Gasteiger partial charge in [0.1, 0.15) is 12.2 Å². The summed E-state index contributed by atoms with van der Waals surface area (Å²) < 4.78 is 2.13. The van der Waals surface area contributed by atoms with Crippen molar-refractivity contribution in [2.45, 2.75) is 50.5 Å². The number of aliphatic carboxylic acids is 1. The lowest BCUT2D eigenvalue weighted by Gasteiger charge is -2.26. The minimum absolute atomic E-state index is 0.0365. The molecule has 1 saturated carbocycles. The summed E-state index contributed by atoms with van der Waals surface area (Å²) in [6.07, 6.45) is 12.0. The molecule has 0 bridgehead atoms. The molecule has 1 N–H and O–H groups in total. The fourth-order valence-corrected chi connectivity index (χ4v) is 3.35. The van der Waals surface area contributed by atoms with E-state index in [1.807, 2.05) is 6.08 Å². The maximum Gasteiger partial charge on any atom is 0.307 e. The Morgan fingerprint density at radius 2 is 2.00 bits per heavy atom. The Morgan fingerprint density at radius 1 is 1.26 bits per heavy atom. The quantitative estimate of drug-likeness (QED) is 0.849. The fraction of sp³-hybridized carbons (Fsp3) is 0.643. The van der Waals surface area contributed by atoms with Gasteiger partial charge in [0, 0.05) is 12.0 Å². The lowest BCUT2D eigenvalue weighted by atomic mass is 9.82. The lowest BCUT2D eigenvalue weighted by molar-refractivity contribution is -0.142. The molecule has 1 aromatic heterocycles. The standard InChI is InChI=1S/C14H19N3O2/c18-14(19)12-8-4-3-7-11(12)13-16-15-9-17(13)10-5-1-2-6-10/h3-4,9-12H,1-2,5-8H2,(H,18,19). The summed E-state index contributed by atoms with van der Waals surface area (Å²) >= 11 is 0. The van der Waals surface area contributed by atoms with E-state index < -0.39 is 5.97 Å². The zero-order valence-corrected chi connectivity index (χ0v) is 10.9. The molecule has 2 atom stereocenters. The number of rotatable bonds is 3. The molecule has 0 amide bonds. The van der Waals surface area contributed by atoms with Gasteiger partial charge in [-0.3, -0.25) is 4.79 Å². The van der Waals surface area contributed by atoms with Crippen molar-refractivity contribution in [2.75, 3.05) is 0 Å². The average molecular weight is 261 g/mol. The van der Waals surface area contributed by atoms with E-state index in [0.29, 0.717) is 12.5 Å². The van der Waals surface area contributed by atoms with Crippen molar-refractivity contribution in [1.29, 1.82) is 0 Å². The lowest BCUT2D eigenvalue weighted by Crippen LogP contribution is -2.26. The number of carboxylic acids is 1. The van der Waals surface area contributed by atoms with Gasteiger partial charge < -0.3 is 9.67 Å². The maximum atomic E-state index is 11.4. The molecule has 1 fully saturated rings. The van der Waals surface area contributed by atoms with E-state index in [4.69, 9.17) is 0 Å². The third-order valence-electron chi connectivity index (χ3n) is 4.40. The van der Waals surface area contributed by atoms with Crippen LogP contribution in [-0.4, -0.2) is 25.8 Å². The van der Waals surface area contributed by atoms with Gasteiger partial charge in [0.2, 0.25) is 0 Å². The average Bonchev–Trinajstić information content (AvgIpc) is 3.09. The smallest absolute Gasteiger partial charge is 0.307 e. The first-order chi connectivity index (χ1) is 9.27. The van der Waals surface area contributed by atoms with Crippen molar-refractivity contribution in [3.63, 3.8) is 0 Å². The maximum absolute atomic E-state index is 11.4. The van der Waals surface area contributed by atoms with E-state index >= 15 is 0 Å². The van der Waals surface area contributed by atoms with E-state index in [1.165, 1.54) is 12.8 Å². The SMILES string of the molecule is O=C(O)C1CC=CCC1c1nncn1C1CCCC1. The predicted molar refractivity (Wildman–Crippen MR) is 69.8 cm³/mol. The molecule has 102 valence electrons. The van der Waals surface area contributed by atoms with E-state index in [-0.39, 0.29) is 11.8 Å². The molecule has 1 aromatic rings. The van der Waals surface area contributed by atoms with Crippen molar-refractivity contribution in [3.05, 3.63) is 24.3 Å². The Balaban J connectivity index is 1.90. The molecule has 0 saturated heterocycles. The highest BCUT2D eigenvalue weighted by Crippen LogP contribution is 2.37. The summed E-state index contributed by atoms with van der Waals surface area (Å²) in [6, 6.07) is 0.463. The van der Waals surface area contributed by atoms with Gasteiger partial charge in [-0.15, -0.1) is 10.2 Å². The van der Waals surface area contributed by atoms with Crippen LogP contribution < -0.4 is 0 Å². The highest BCUT2D eigenvalue weighted by Gasteiger charge is 2.34. The van der Waals surface area contributed by atoms with Crippen LogP contribution in [0.5, 0.6) is 0 Å². The molecule has 2 unspecified atom stereocenters. The van der Waals surface area contributed by atoms with Crippen LogP contribution in [0.4, 0.5) is 0 Å². The van der Waals surface area contributed by atoms with Gasteiger partial charge in [0.05, 0.1) is 5.92 Å². The van der Waals surface area contributed by atoms with Gasteiger partial charge in [-0.25, -0.2) is 0 Å². The molecule has 3 rings (SSSR count). The van der Waals surface area contributed by atoms with Crippen molar-refractivity contribution >= 4 is 5.97 Å². The van der Waals surface area contributed by atoms with Crippen LogP contribution in [0.15, 0.2) is 18.5 Å². The molecule has 1 heterocycles. The van der Waals surface area contributed by atoms with Crippen LogP contribution >= 0.6 is 0 Å². The highest BCUT2D eigenvalue weighted by atomic mass is 16.4.